The van der Waals surface area contributed by atoms with Crippen molar-refractivity contribution in [3.8, 4) is 17.0 Å². The van der Waals surface area contributed by atoms with E-state index in [1.807, 2.05) is 70.7 Å². The van der Waals surface area contributed by atoms with Crippen molar-refractivity contribution in [2.75, 3.05) is 11.9 Å². The van der Waals surface area contributed by atoms with Gasteiger partial charge in [-0.25, -0.2) is 4.98 Å². The third kappa shape index (κ3) is 3.92. The van der Waals surface area contributed by atoms with Gasteiger partial charge in [-0.05, 0) is 29.7 Å². The molecule has 0 unspecified atom stereocenters. The predicted molar refractivity (Wildman–Crippen MR) is 113 cm³/mol. The number of ether oxygens (including phenoxy) is 1. The van der Waals surface area contributed by atoms with Crippen LogP contribution in [-0.2, 0) is 4.79 Å². The van der Waals surface area contributed by atoms with Gasteiger partial charge in [-0.2, -0.15) is 0 Å². The Labute approximate surface area is 167 Å². The van der Waals surface area contributed by atoms with Gasteiger partial charge in [0, 0.05) is 29.0 Å². The molecule has 2 aromatic carbocycles. The zero-order chi connectivity index (χ0) is 19.5. The summed E-state index contributed by atoms with van der Waals surface area (Å²) in [7, 11) is 0. The van der Waals surface area contributed by atoms with Crippen LogP contribution in [0.1, 0.15) is 25.3 Å². The Morgan fingerprint density at radius 1 is 1.21 bits per heavy atom. The molecule has 1 amide bonds. The fourth-order valence-corrected chi connectivity index (χ4v) is 3.75. The number of hydrogen-bond donors (Lipinski definition) is 1. The first-order valence-corrected chi connectivity index (χ1v) is 10.0. The fourth-order valence-electron chi connectivity index (χ4n) is 3.05. The van der Waals surface area contributed by atoms with Gasteiger partial charge in [-0.3, -0.25) is 9.20 Å². The zero-order valence-corrected chi connectivity index (χ0v) is 16.6. The molecule has 0 spiro atoms. The molecule has 0 bridgehead atoms. The maximum absolute atomic E-state index is 12.4. The van der Waals surface area contributed by atoms with Gasteiger partial charge in [0.05, 0.1) is 5.69 Å². The number of nitrogens with zero attached hydrogens (tertiary/aromatic N) is 2. The molecular weight excluding hydrogens is 370 g/mol. The number of anilines is 1. The highest BCUT2D eigenvalue weighted by atomic mass is 32.1. The number of benzene rings is 2. The van der Waals surface area contributed by atoms with Crippen molar-refractivity contribution in [2.24, 2.45) is 0 Å². The molecule has 4 aromatic rings. The van der Waals surface area contributed by atoms with Crippen LogP contribution >= 0.6 is 11.3 Å². The molecule has 2 heterocycles. The average molecular weight is 391 g/mol. The Kier molecular flexibility index (Phi) is 5.12. The van der Waals surface area contributed by atoms with Crippen molar-refractivity contribution >= 4 is 27.9 Å². The Bertz CT molecular complexity index is 1090. The second-order valence-electron chi connectivity index (χ2n) is 6.83. The van der Waals surface area contributed by atoms with Gasteiger partial charge in [0.15, 0.2) is 11.6 Å². The minimum Gasteiger partial charge on any atom is -0.483 e. The van der Waals surface area contributed by atoms with E-state index in [2.05, 4.69) is 24.1 Å². The van der Waals surface area contributed by atoms with Crippen LogP contribution in [0.4, 0.5) is 5.69 Å². The monoisotopic (exact) mass is 391 g/mol. The molecule has 6 heteroatoms. The lowest BCUT2D eigenvalue weighted by molar-refractivity contribution is -0.118. The average Bonchev–Trinajstić information content (AvgIpc) is 3.29. The van der Waals surface area contributed by atoms with Crippen molar-refractivity contribution in [1.29, 1.82) is 0 Å². The van der Waals surface area contributed by atoms with Crippen LogP contribution < -0.4 is 10.1 Å². The van der Waals surface area contributed by atoms with Crippen molar-refractivity contribution in [2.45, 2.75) is 19.8 Å². The lowest BCUT2D eigenvalue weighted by Crippen LogP contribution is -2.20. The maximum atomic E-state index is 12.4. The number of hydrogen-bond acceptors (Lipinski definition) is 4. The number of rotatable bonds is 6. The highest BCUT2D eigenvalue weighted by Gasteiger charge is 2.11. The van der Waals surface area contributed by atoms with Gasteiger partial charge in [-0.15, -0.1) is 11.3 Å². The molecule has 0 aliphatic heterocycles. The number of carbonyl (C=O) groups excluding carboxylic acids is 1. The van der Waals surface area contributed by atoms with Crippen molar-refractivity contribution in [3.05, 3.63) is 71.9 Å². The summed E-state index contributed by atoms with van der Waals surface area (Å²) in [5.74, 6) is 0.890. The Morgan fingerprint density at radius 2 is 2.07 bits per heavy atom. The molecule has 2 aromatic heterocycles. The van der Waals surface area contributed by atoms with Gasteiger partial charge in [0.25, 0.3) is 5.91 Å². The summed E-state index contributed by atoms with van der Waals surface area (Å²) in [6.45, 7) is 4.18. The van der Waals surface area contributed by atoms with Gasteiger partial charge in [0.1, 0.15) is 5.75 Å². The van der Waals surface area contributed by atoms with Crippen LogP contribution in [0.3, 0.4) is 0 Å². The summed E-state index contributed by atoms with van der Waals surface area (Å²) >= 11 is 1.59. The third-order valence-electron chi connectivity index (χ3n) is 4.44. The molecule has 0 atom stereocenters. The lowest BCUT2D eigenvalue weighted by atomic mass is 10.0. The van der Waals surface area contributed by atoms with Crippen LogP contribution in [0, 0.1) is 0 Å². The molecule has 0 radical (unpaired) electrons. The van der Waals surface area contributed by atoms with E-state index in [9.17, 15) is 4.79 Å². The van der Waals surface area contributed by atoms with Gasteiger partial charge in [-0.1, -0.05) is 44.2 Å². The van der Waals surface area contributed by atoms with Gasteiger partial charge < -0.3 is 10.1 Å². The first-order valence-electron chi connectivity index (χ1n) is 9.14. The Morgan fingerprint density at radius 3 is 2.89 bits per heavy atom. The number of thiazole rings is 1. The molecule has 0 aliphatic carbocycles. The topological polar surface area (TPSA) is 55.6 Å². The van der Waals surface area contributed by atoms with Crippen molar-refractivity contribution in [1.82, 2.24) is 9.38 Å². The van der Waals surface area contributed by atoms with E-state index < -0.39 is 0 Å². The van der Waals surface area contributed by atoms with Crippen LogP contribution in [0.15, 0.2) is 66.3 Å². The molecule has 4 rings (SSSR count). The Balaban J connectivity index is 1.43. The normalized spacial score (nSPS) is 11.1. The van der Waals surface area contributed by atoms with E-state index in [-0.39, 0.29) is 12.5 Å². The fraction of sp³-hybridized carbons (Fsp3) is 0.182. The molecule has 0 aliphatic rings. The van der Waals surface area contributed by atoms with E-state index in [0.717, 1.165) is 33.2 Å². The number of imidazole rings is 1. The minimum atomic E-state index is -0.193. The van der Waals surface area contributed by atoms with Gasteiger partial charge in [0.2, 0.25) is 0 Å². The van der Waals surface area contributed by atoms with Crippen LogP contribution in [-0.4, -0.2) is 21.9 Å². The summed E-state index contributed by atoms with van der Waals surface area (Å²) < 4.78 is 7.74. The van der Waals surface area contributed by atoms with E-state index in [0.29, 0.717) is 5.92 Å². The molecule has 0 saturated heterocycles. The van der Waals surface area contributed by atoms with Gasteiger partial charge >= 0.3 is 0 Å². The standard InChI is InChI=1S/C22H21N3O2S/c1-15(2)18-8-3-4-9-20(18)27-14-21(26)23-17-7-5-6-16(12-17)19-13-25-10-11-28-22(25)24-19/h3-13,15H,14H2,1-2H3,(H,23,26). The van der Waals surface area contributed by atoms with Crippen molar-refractivity contribution < 1.29 is 9.53 Å². The second kappa shape index (κ2) is 7.86. The number of fused-ring (bicyclic) bond motifs is 1. The second-order valence-corrected chi connectivity index (χ2v) is 7.70. The van der Waals surface area contributed by atoms with Crippen molar-refractivity contribution in [3.63, 3.8) is 0 Å². The summed E-state index contributed by atoms with van der Waals surface area (Å²) in [4.78, 5) is 17.9. The number of nitrogens with one attached hydrogen (secondary N) is 1. The number of aromatic nitrogens is 2. The number of carbonyl (C=O) groups is 1. The molecule has 142 valence electrons. The first-order chi connectivity index (χ1) is 13.6. The smallest absolute Gasteiger partial charge is 0.262 e. The lowest BCUT2D eigenvalue weighted by Gasteiger charge is -2.14. The zero-order valence-electron chi connectivity index (χ0n) is 15.8. The third-order valence-corrected chi connectivity index (χ3v) is 5.21. The van der Waals surface area contributed by atoms with Crippen LogP contribution in [0.25, 0.3) is 16.2 Å². The molecule has 5 nitrogen and oxygen atoms in total. The summed E-state index contributed by atoms with van der Waals surface area (Å²) in [5.41, 5.74) is 3.65. The number of amides is 1. The van der Waals surface area contributed by atoms with Crippen LogP contribution in [0.2, 0.25) is 0 Å². The molecule has 0 saturated carbocycles. The summed E-state index contributed by atoms with van der Waals surface area (Å²) in [5, 5.41) is 4.90. The number of para-hydroxylation sites is 1. The maximum Gasteiger partial charge on any atom is 0.262 e. The van der Waals surface area contributed by atoms with E-state index >= 15 is 0 Å². The highest BCUT2D eigenvalue weighted by Crippen LogP contribution is 2.26. The molecule has 28 heavy (non-hydrogen) atoms. The van der Waals surface area contributed by atoms with E-state index in [1.54, 1.807) is 11.3 Å². The quantitative estimate of drug-likeness (QED) is 0.491. The predicted octanol–water partition coefficient (Wildman–Crippen LogP) is 5.20. The van der Waals surface area contributed by atoms with Crippen LogP contribution in [0.5, 0.6) is 5.75 Å². The largest absolute Gasteiger partial charge is 0.483 e. The van der Waals surface area contributed by atoms with E-state index in [1.165, 1.54) is 0 Å². The summed E-state index contributed by atoms with van der Waals surface area (Å²) in [6.07, 6.45) is 3.97. The molecule has 0 fully saturated rings. The van der Waals surface area contributed by atoms with E-state index in [4.69, 9.17) is 4.74 Å². The minimum absolute atomic E-state index is 0.0336. The first kappa shape index (κ1) is 18.3. The molecular formula is C22H21N3O2S. The SMILES string of the molecule is CC(C)c1ccccc1OCC(=O)Nc1cccc(-c2cn3ccsc3n2)c1. The molecule has 1 N–H and O–H groups in total. The highest BCUT2D eigenvalue weighted by molar-refractivity contribution is 7.15. The summed E-state index contributed by atoms with van der Waals surface area (Å²) in [6, 6.07) is 15.5. The Hall–Kier alpha value is -3.12.